The average Bonchev–Trinajstić information content (AvgIpc) is 2.62. The van der Waals surface area contributed by atoms with Gasteiger partial charge in [0.1, 0.15) is 5.75 Å². The number of methoxy groups -OCH3 is 1. The van der Waals surface area contributed by atoms with Crippen molar-refractivity contribution in [2.75, 3.05) is 12.4 Å². The van der Waals surface area contributed by atoms with Gasteiger partial charge in [0.25, 0.3) is 11.5 Å². The van der Waals surface area contributed by atoms with Crippen molar-refractivity contribution in [2.24, 2.45) is 7.05 Å². The van der Waals surface area contributed by atoms with E-state index in [0.717, 1.165) is 16.7 Å². The van der Waals surface area contributed by atoms with Gasteiger partial charge in [0.05, 0.1) is 23.8 Å². The molecule has 0 saturated heterocycles. The summed E-state index contributed by atoms with van der Waals surface area (Å²) in [5.74, 6) is -0.196. The molecule has 0 aliphatic rings. The lowest BCUT2D eigenvalue weighted by Crippen LogP contribution is -2.30. The molecule has 0 radical (unpaired) electrons. The molecule has 140 valence electrons. The number of ether oxygens (including phenoxy) is 1. The zero-order valence-corrected chi connectivity index (χ0v) is 16.6. The minimum Gasteiger partial charge on any atom is -0.495 e. The molecule has 27 heavy (non-hydrogen) atoms. The van der Waals surface area contributed by atoms with Gasteiger partial charge >= 0.3 is 0 Å². The molecule has 3 aromatic rings. The lowest BCUT2D eigenvalue weighted by Gasteiger charge is -2.13. The van der Waals surface area contributed by atoms with Crippen molar-refractivity contribution in [2.45, 2.75) is 20.8 Å². The van der Waals surface area contributed by atoms with Crippen LogP contribution < -0.4 is 15.6 Å². The highest BCUT2D eigenvalue weighted by Gasteiger charge is 2.19. The first-order valence-corrected chi connectivity index (χ1v) is 8.74. The Balaban J connectivity index is 2.09. The molecular formula is C20H20ClN3O3. The minimum atomic E-state index is -0.601. The van der Waals surface area contributed by atoms with E-state index in [4.69, 9.17) is 16.3 Å². The fourth-order valence-electron chi connectivity index (χ4n) is 2.84. The Hall–Kier alpha value is -2.86. The normalized spacial score (nSPS) is 10.9. The summed E-state index contributed by atoms with van der Waals surface area (Å²) in [7, 11) is 3.11. The zero-order chi connectivity index (χ0) is 19.9. The molecule has 0 aliphatic heterocycles. The molecule has 0 aliphatic carbocycles. The second-order valence-corrected chi connectivity index (χ2v) is 6.91. The second kappa shape index (κ2) is 7.04. The molecule has 0 unspecified atom stereocenters. The Kier molecular flexibility index (Phi) is 4.93. The third kappa shape index (κ3) is 3.40. The van der Waals surface area contributed by atoms with Gasteiger partial charge in [0, 0.05) is 18.1 Å². The first kappa shape index (κ1) is 18.9. The van der Waals surface area contributed by atoms with Crippen LogP contribution in [0.4, 0.5) is 5.69 Å². The van der Waals surface area contributed by atoms with E-state index in [1.54, 1.807) is 19.2 Å². The fourth-order valence-corrected chi connectivity index (χ4v) is 2.99. The van der Waals surface area contributed by atoms with Crippen molar-refractivity contribution in [1.82, 2.24) is 9.55 Å². The fraction of sp³-hybridized carbons (Fsp3) is 0.250. The van der Waals surface area contributed by atoms with Crippen LogP contribution in [-0.2, 0) is 7.05 Å². The van der Waals surface area contributed by atoms with Gasteiger partial charge in [-0.15, -0.1) is 0 Å². The maximum atomic E-state index is 12.8. The maximum Gasteiger partial charge on any atom is 0.282 e. The van der Waals surface area contributed by atoms with E-state index in [1.165, 1.54) is 11.7 Å². The summed E-state index contributed by atoms with van der Waals surface area (Å²) in [6.45, 7) is 5.74. The van der Waals surface area contributed by atoms with Crippen LogP contribution in [0, 0.1) is 20.8 Å². The number of carbonyl (C=O) groups excluding carboxylic acids is 1. The summed E-state index contributed by atoms with van der Waals surface area (Å²) in [5.41, 5.74) is 3.92. The number of nitrogens with zero attached hydrogens (tertiary/aromatic N) is 2. The van der Waals surface area contributed by atoms with E-state index in [1.807, 2.05) is 32.9 Å². The zero-order valence-electron chi connectivity index (χ0n) is 15.8. The number of amides is 1. The van der Waals surface area contributed by atoms with Gasteiger partial charge in [-0.3, -0.25) is 9.59 Å². The van der Waals surface area contributed by atoms with Crippen molar-refractivity contribution < 1.29 is 9.53 Å². The Morgan fingerprint density at radius 1 is 1.11 bits per heavy atom. The predicted molar refractivity (Wildman–Crippen MR) is 107 cm³/mol. The number of hydrogen-bond acceptors (Lipinski definition) is 4. The van der Waals surface area contributed by atoms with Gasteiger partial charge in [0.15, 0.2) is 5.69 Å². The van der Waals surface area contributed by atoms with Gasteiger partial charge in [-0.25, -0.2) is 4.98 Å². The van der Waals surface area contributed by atoms with E-state index in [9.17, 15) is 9.59 Å². The number of benzene rings is 2. The number of carbonyl (C=O) groups is 1. The molecule has 1 N–H and O–H groups in total. The second-order valence-electron chi connectivity index (χ2n) is 6.51. The predicted octanol–water partition coefficient (Wildman–Crippen LogP) is 3.77. The average molecular weight is 386 g/mol. The summed E-state index contributed by atoms with van der Waals surface area (Å²) in [6, 6.07) is 7.07. The molecule has 0 atom stereocenters. The van der Waals surface area contributed by atoms with Crippen LogP contribution in [-0.4, -0.2) is 22.6 Å². The Labute approximate surface area is 161 Å². The maximum absolute atomic E-state index is 12.8. The number of aromatic nitrogens is 2. The third-order valence-corrected chi connectivity index (χ3v) is 5.04. The Morgan fingerprint density at radius 2 is 1.78 bits per heavy atom. The molecule has 1 amide bonds. The van der Waals surface area contributed by atoms with Gasteiger partial charge in [-0.2, -0.15) is 0 Å². The van der Waals surface area contributed by atoms with Gasteiger partial charge in [-0.05, 0) is 55.7 Å². The molecule has 1 heterocycles. The lowest BCUT2D eigenvalue weighted by atomic mass is 10.1. The molecule has 2 aromatic carbocycles. The number of fused-ring (bicyclic) bond motifs is 1. The van der Waals surface area contributed by atoms with E-state index in [-0.39, 0.29) is 5.69 Å². The smallest absolute Gasteiger partial charge is 0.282 e. The standard InChI is InChI=1S/C20H20ClN3O3/c1-10-6-14-16(8-11(10)2)24(4)20(26)18(22-14)19(25)23-15-7-12(3)13(21)9-17(15)27-5/h6-9H,1-5H3,(H,23,25). The number of aryl methyl sites for hydroxylation is 4. The monoisotopic (exact) mass is 385 g/mol. The van der Waals surface area contributed by atoms with Crippen LogP contribution in [0.2, 0.25) is 5.02 Å². The van der Waals surface area contributed by atoms with E-state index < -0.39 is 11.5 Å². The van der Waals surface area contributed by atoms with Gasteiger partial charge < -0.3 is 14.6 Å². The lowest BCUT2D eigenvalue weighted by molar-refractivity contribution is 0.102. The quantitative estimate of drug-likeness (QED) is 0.744. The molecule has 1 aromatic heterocycles. The highest BCUT2D eigenvalue weighted by atomic mass is 35.5. The number of rotatable bonds is 3. The van der Waals surface area contributed by atoms with Crippen LogP contribution in [0.15, 0.2) is 29.1 Å². The summed E-state index contributed by atoms with van der Waals surface area (Å²) >= 11 is 6.10. The SMILES string of the molecule is COc1cc(Cl)c(C)cc1NC(=O)c1nc2cc(C)c(C)cc2n(C)c1=O. The number of halogens is 1. The highest BCUT2D eigenvalue weighted by Crippen LogP contribution is 2.31. The van der Waals surface area contributed by atoms with Crippen molar-refractivity contribution >= 4 is 34.2 Å². The van der Waals surface area contributed by atoms with Crippen LogP contribution in [0.1, 0.15) is 27.2 Å². The summed E-state index contributed by atoms with van der Waals surface area (Å²) in [5, 5.41) is 3.23. The van der Waals surface area contributed by atoms with Gasteiger partial charge in [-0.1, -0.05) is 11.6 Å². The largest absolute Gasteiger partial charge is 0.495 e. The molecule has 3 rings (SSSR count). The minimum absolute atomic E-state index is 0.178. The van der Waals surface area contributed by atoms with Crippen LogP contribution in [0.5, 0.6) is 5.75 Å². The number of nitrogens with one attached hydrogen (secondary N) is 1. The molecule has 0 spiro atoms. The molecule has 0 fully saturated rings. The first-order chi connectivity index (χ1) is 12.7. The van der Waals surface area contributed by atoms with Crippen molar-refractivity contribution in [3.05, 3.63) is 62.0 Å². The Bertz CT molecular complexity index is 1140. The van der Waals surface area contributed by atoms with Crippen LogP contribution in [0.25, 0.3) is 11.0 Å². The molecular weight excluding hydrogens is 366 g/mol. The van der Waals surface area contributed by atoms with E-state index in [2.05, 4.69) is 10.3 Å². The molecule has 0 saturated carbocycles. The summed E-state index contributed by atoms with van der Waals surface area (Å²) in [6.07, 6.45) is 0. The Morgan fingerprint density at radius 3 is 2.44 bits per heavy atom. The number of anilines is 1. The van der Waals surface area contributed by atoms with Crippen molar-refractivity contribution in [3.63, 3.8) is 0 Å². The third-order valence-electron chi connectivity index (χ3n) is 4.64. The van der Waals surface area contributed by atoms with Crippen LogP contribution in [0.3, 0.4) is 0 Å². The summed E-state index contributed by atoms with van der Waals surface area (Å²) in [4.78, 5) is 29.8. The van der Waals surface area contributed by atoms with Crippen LogP contribution >= 0.6 is 11.6 Å². The van der Waals surface area contributed by atoms with Crippen molar-refractivity contribution in [3.8, 4) is 5.75 Å². The van der Waals surface area contributed by atoms with Crippen molar-refractivity contribution in [1.29, 1.82) is 0 Å². The van der Waals surface area contributed by atoms with E-state index >= 15 is 0 Å². The number of hydrogen-bond donors (Lipinski definition) is 1. The molecule has 7 heteroatoms. The first-order valence-electron chi connectivity index (χ1n) is 8.36. The van der Waals surface area contributed by atoms with E-state index in [0.29, 0.717) is 27.5 Å². The topological polar surface area (TPSA) is 73.2 Å². The summed E-state index contributed by atoms with van der Waals surface area (Å²) < 4.78 is 6.71. The highest BCUT2D eigenvalue weighted by molar-refractivity contribution is 6.31. The van der Waals surface area contributed by atoms with Gasteiger partial charge in [0.2, 0.25) is 0 Å². The molecule has 0 bridgehead atoms. The molecule has 6 nitrogen and oxygen atoms in total.